The summed E-state index contributed by atoms with van der Waals surface area (Å²) in [5.74, 6) is -1.44. The van der Waals surface area contributed by atoms with Crippen LogP contribution in [0.5, 0.6) is 5.75 Å². The molecule has 0 bridgehead atoms. The van der Waals surface area contributed by atoms with Crippen LogP contribution in [0.3, 0.4) is 0 Å². The minimum atomic E-state index is -0.772. The van der Waals surface area contributed by atoms with Gasteiger partial charge in [-0.05, 0) is 25.0 Å². The van der Waals surface area contributed by atoms with Crippen molar-refractivity contribution < 1.29 is 19.0 Å². The van der Waals surface area contributed by atoms with E-state index in [0.29, 0.717) is 18.5 Å². The number of aliphatic carboxylic acids is 1. The number of carboxylic acids is 1. The molecular formula is C16H17FN2O3. The summed E-state index contributed by atoms with van der Waals surface area (Å²) >= 11 is 0. The van der Waals surface area contributed by atoms with Gasteiger partial charge in [0.15, 0.2) is 11.6 Å². The number of aromatic nitrogens is 1. The van der Waals surface area contributed by atoms with Gasteiger partial charge in [0.05, 0.1) is 18.5 Å². The number of hydrogen-bond acceptors (Lipinski definition) is 4. The van der Waals surface area contributed by atoms with E-state index in [2.05, 4.69) is 4.98 Å². The molecule has 1 aromatic heterocycles. The smallest absolute Gasteiger partial charge is 0.308 e. The fourth-order valence-corrected chi connectivity index (χ4v) is 2.96. The third kappa shape index (κ3) is 2.56. The molecule has 0 amide bonds. The normalized spacial score (nSPS) is 18.5. The fraction of sp³-hybridized carbons (Fsp3) is 0.375. The van der Waals surface area contributed by atoms with Gasteiger partial charge < -0.3 is 14.7 Å². The molecule has 22 heavy (non-hydrogen) atoms. The monoisotopic (exact) mass is 304 g/mol. The molecule has 1 aliphatic rings. The number of ether oxygens (including phenoxy) is 1. The Morgan fingerprint density at radius 1 is 1.50 bits per heavy atom. The molecule has 5 nitrogen and oxygen atoms in total. The Balaban J connectivity index is 2.04. The Kier molecular flexibility index (Phi) is 3.83. The van der Waals surface area contributed by atoms with Gasteiger partial charge >= 0.3 is 5.97 Å². The number of methoxy groups -OCH3 is 1. The fourth-order valence-electron chi connectivity index (χ4n) is 2.96. The highest BCUT2D eigenvalue weighted by Crippen LogP contribution is 2.33. The van der Waals surface area contributed by atoms with Crippen LogP contribution < -0.4 is 9.64 Å². The number of anilines is 1. The molecule has 6 heteroatoms. The summed E-state index contributed by atoms with van der Waals surface area (Å²) in [5, 5.41) is 10.00. The van der Waals surface area contributed by atoms with Crippen LogP contribution in [0, 0.1) is 11.7 Å². The van der Waals surface area contributed by atoms with E-state index in [1.54, 1.807) is 12.3 Å². The Bertz CT molecular complexity index is 720. The Hall–Kier alpha value is -2.37. The summed E-state index contributed by atoms with van der Waals surface area (Å²) in [6.07, 6.45) is 3.12. The van der Waals surface area contributed by atoms with Gasteiger partial charge in [0.2, 0.25) is 0 Å². The zero-order chi connectivity index (χ0) is 15.7. The number of pyridine rings is 1. The summed E-state index contributed by atoms with van der Waals surface area (Å²) in [4.78, 5) is 17.5. The SMILES string of the molecule is COc1cc2c(N3CCCC(C(=O)O)C3)ccnc2cc1F. The van der Waals surface area contributed by atoms with Crippen molar-refractivity contribution in [1.82, 2.24) is 4.98 Å². The van der Waals surface area contributed by atoms with Crippen molar-refractivity contribution in [3.05, 3.63) is 30.2 Å². The summed E-state index contributed by atoms with van der Waals surface area (Å²) in [6, 6.07) is 4.80. The third-order valence-corrected chi connectivity index (χ3v) is 4.10. The van der Waals surface area contributed by atoms with E-state index >= 15 is 0 Å². The van der Waals surface area contributed by atoms with Gasteiger partial charge in [-0.15, -0.1) is 0 Å². The first-order valence-corrected chi connectivity index (χ1v) is 7.20. The summed E-state index contributed by atoms with van der Waals surface area (Å²) < 4.78 is 18.8. The van der Waals surface area contributed by atoms with E-state index in [1.165, 1.54) is 13.2 Å². The van der Waals surface area contributed by atoms with Crippen molar-refractivity contribution >= 4 is 22.6 Å². The van der Waals surface area contributed by atoms with Gasteiger partial charge in [-0.3, -0.25) is 9.78 Å². The van der Waals surface area contributed by atoms with E-state index in [0.717, 1.165) is 24.0 Å². The quantitative estimate of drug-likeness (QED) is 0.944. The van der Waals surface area contributed by atoms with Gasteiger partial charge in [-0.1, -0.05) is 0 Å². The van der Waals surface area contributed by atoms with Crippen LogP contribution in [0.2, 0.25) is 0 Å². The molecule has 3 rings (SSSR count). The lowest BCUT2D eigenvalue weighted by molar-refractivity contribution is -0.141. The maximum Gasteiger partial charge on any atom is 0.308 e. The van der Waals surface area contributed by atoms with Gasteiger partial charge in [0, 0.05) is 36.4 Å². The molecule has 0 radical (unpaired) electrons. The number of halogens is 1. The second kappa shape index (κ2) is 5.79. The third-order valence-electron chi connectivity index (χ3n) is 4.10. The van der Waals surface area contributed by atoms with Crippen molar-refractivity contribution in [2.75, 3.05) is 25.1 Å². The summed E-state index contributed by atoms with van der Waals surface area (Å²) in [5.41, 5.74) is 1.41. The highest BCUT2D eigenvalue weighted by molar-refractivity contribution is 5.93. The van der Waals surface area contributed by atoms with Crippen LogP contribution in [-0.4, -0.2) is 36.3 Å². The number of fused-ring (bicyclic) bond motifs is 1. The maximum atomic E-state index is 13.8. The first-order valence-electron chi connectivity index (χ1n) is 7.20. The number of rotatable bonds is 3. The minimum Gasteiger partial charge on any atom is -0.494 e. The second-order valence-electron chi connectivity index (χ2n) is 5.46. The number of nitrogens with zero attached hydrogens (tertiary/aromatic N) is 2. The highest BCUT2D eigenvalue weighted by atomic mass is 19.1. The molecule has 2 aromatic rings. The lowest BCUT2D eigenvalue weighted by Gasteiger charge is -2.33. The first-order chi connectivity index (χ1) is 10.6. The number of piperidine rings is 1. The van der Waals surface area contributed by atoms with E-state index < -0.39 is 11.8 Å². The Morgan fingerprint density at radius 2 is 2.32 bits per heavy atom. The number of carboxylic acid groups (broad SMARTS) is 1. The molecule has 1 aromatic carbocycles. The second-order valence-corrected chi connectivity index (χ2v) is 5.46. The van der Waals surface area contributed by atoms with E-state index in [1.807, 2.05) is 11.0 Å². The molecule has 1 fully saturated rings. The molecule has 2 heterocycles. The summed E-state index contributed by atoms with van der Waals surface area (Å²) in [6.45, 7) is 1.23. The van der Waals surface area contributed by atoms with Crippen LogP contribution in [0.15, 0.2) is 24.4 Å². The number of benzene rings is 1. The van der Waals surface area contributed by atoms with Crippen LogP contribution in [0.25, 0.3) is 10.9 Å². The Morgan fingerprint density at radius 3 is 3.05 bits per heavy atom. The lowest BCUT2D eigenvalue weighted by atomic mass is 9.97. The van der Waals surface area contributed by atoms with Gasteiger partial charge in [-0.25, -0.2) is 4.39 Å². The van der Waals surface area contributed by atoms with Crippen molar-refractivity contribution in [3.8, 4) is 5.75 Å². The van der Waals surface area contributed by atoms with Crippen molar-refractivity contribution in [1.29, 1.82) is 0 Å². The standard InChI is InChI=1S/C16H17FN2O3/c1-22-15-7-11-13(8-12(15)17)18-5-4-14(11)19-6-2-3-10(9-19)16(20)21/h4-5,7-8,10H,2-3,6,9H2,1H3,(H,20,21). The molecule has 1 atom stereocenters. The Labute approximate surface area is 127 Å². The average molecular weight is 304 g/mol. The highest BCUT2D eigenvalue weighted by Gasteiger charge is 2.26. The van der Waals surface area contributed by atoms with Gasteiger partial charge in [-0.2, -0.15) is 0 Å². The average Bonchev–Trinajstić information content (AvgIpc) is 2.53. The maximum absolute atomic E-state index is 13.8. The van der Waals surface area contributed by atoms with Crippen molar-refractivity contribution in [3.63, 3.8) is 0 Å². The van der Waals surface area contributed by atoms with Gasteiger partial charge in [0.1, 0.15) is 0 Å². The number of carbonyl (C=O) groups is 1. The van der Waals surface area contributed by atoms with Crippen molar-refractivity contribution in [2.24, 2.45) is 5.92 Å². The molecule has 0 aliphatic carbocycles. The number of hydrogen-bond donors (Lipinski definition) is 1. The molecule has 0 spiro atoms. The van der Waals surface area contributed by atoms with Crippen LogP contribution in [-0.2, 0) is 4.79 Å². The van der Waals surface area contributed by atoms with Crippen LogP contribution in [0.1, 0.15) is 12.8 Å². The molecule has 0 saturated carbocycles. The topological polar surface area (TPSA) is 62.7 Å². The van der Waals surface area contributed by atoms with Crippen LogP contribution >= 0.6 is 0 Å². The molecule has 1 N–H and O–H groups in total. The first kappa shape index (κ1) is 14.6. The molecule has 1 saturated heterocycles. The predicted molar refractivity (Wildman–Crippen MR) is 80.8 cm³/mol. The molecular weight excluding hydrogens is 287 g/mol. The molecule has 1 unspecified atom stereocenters. The summed E-state index contributed by atoms with van der Waals surface area (Å²) in [7, 11) is 1.42. The largest absolute Gasteiger partial charge is 0.494 e. The molecule has 1 aliphatic heterocycles. The van der Waals surface area contributed by atoms with E-state index in [9.17, 15) is 14.3 Å². The lowest BCUT2D eigenvalue weighted by Crippen LogP contribution is -2.38. The zero-order valence-electron chi connectivity index (χ0n) is 12.3. The van der Waals surface area contributed by atoms with Gasteiger partial charge in [0.25, 0.3) is 0 Å². The van der Waals surface area contributed by atoms with E-state index in [4.69, 9.17) is 4.74 Å². The minimum absolute atomic E-state index is 0.161. The van der Waals surface area contributed by atoms with Crippen molar-refractivity contribution in [2.45, 2.75) is 12.8 Å². The molecule has 116 valence electrons. The van der Waals surface area contributed by atoms with E-state index in [-0.39, 0.29) is 11.7 Å². The predicted octanol–water partition coefficient (Wildman–Crippen LogP) is 2.68. The van der Waals surface area contributed by atoms with Crippen LogP contribution in [0.4, 0.5) is 10.1 Å². The zero-order valence-corrected chi connectivity index (χ0v) is 12.3.